The Hall–Kier alpha value is -6.20. The fourth-order valence-electron chi connectivity index (χ4n) is 6.28. The van der Waals surface area contributed by atoms with Crippen LogP contribution in [-0.2, 0) is 0 Å². The van der Waals surface area contributed by atoms with E-state index in [0.29, 0.717) is 0 Å². The zero-order chi connectivity index (χ0) is 29.7. The van der Waals surface area contributed by atoms with Crippen LogP contribution in [0.15, 0.2) is 161 Å². The van der Waals surface area contributed by atoms with Crippen LogP contribution in [-0.4, -0.2) is 9.97 Å². The van der Waals surface area contributed by atoms with Crippen LogP contribution in [0.3, 0.4) is 0 Å². The van der Waals surface area contributed by atoms with E-state index in [-0.39, 0.29) is 0 Å². The Balaban J connectivity index is 1.30. The van der Waals surface area contributed by atoms with Crippen LogP contribution in [0.4, 0.5) is 17.2 Å². The molecule has 0 unspecified atom stereocenters. The summed E-state index contributed by atoms with van der Waals surface area (Å²) in [6, 6.07) is 49.7. The SMILES string of the molecule is c1ccc(-c2ccc(-c3ccccc3N(c3ccc4oc5ccccc5c4n3)c3cccc4oc5cccnc5c34)cc2)cc1. The molecule has 45 heavy (non-hydrogen) atoms. The highest BCUT2D eigenvalue weighted by Crippen LogP contribution is 2.45. The molecule has 4 aromatic heterocycles. The molecule has 9 rings (SSSR count). The Bertz CT molecular complexity index is 2490. The number of aromatic nitrogens is 2. The van der Waals surface area contributed by atoms with E-state index in [2.05, 4.69) is 89.8 Å². The number of benzene rings is 5. The molecule has 0 atom stereocenters. The van der Waals surface area contributed by atoms with Crippen LogP contribution in [0.5, 0.6) is 0 Å². The second kappa shape index (κ2) is 10.2. The second-order valence-corrected chi connectivity index (χ2v) is 11.0. The van der Waals surface area contributed by atoms with Gasteiger partial charge in [-0.25, -0.2) is 4.98 Å². The molecule has 0 aliphatic carbocycles. The minimum atomic E-state index is 0.744. The van der Waals surface area contributed by atoms with Crippen LogP contribution in [0.1, 0.15) is 0 Å². The third-order valence-electron chi connectivity index (χ3n) is 8.36. The summed E-state index contributed by atoms with van der Waals surface area (Å²) in [5, 5.41) is 1.91. The lowest BCUT2D eigenvalue weighted by Gasteiger charge is -2.27. The number of pyridine rings is 2. The van der Waals surface area contributed by atoms with Crippen molar-refractivity contribution in [3.63, 3.8) is 0 Å². The predicted molar refractivity (Wildman–Crippen MR) is 182 cm³/mol. The van der Waals surface area contributed by atoms with Crippen molar-refractivity contribution < 1.29 is 8.83 Å². The third kappa shape index (κ3) is 4.17. The van der Waals surface area contributed by atoms with Gasteiger partial charge in [0.05, 0.1) is 16.8 Å². The van der Waals surface area contributed by atoms with Crippen molar-refractivity contribution in [3.05, 3.63) is 152 Å². The van der Waals surface area contributed by atoms with Gasteiger partial charge >= 0.3 is 0 Å². The topological polar surface area (TPSA) is 55.3 Å². The van der Waals surface area contributed by atoms with Crippen LogP contribution in [0.2, 0.25) is 0 Å². The number of nitrogens with zero attached hydrogens (tertiary/aromatic N) is 3. The molecule has 9 aromatic rings. The lowest BCUT2D eigenvalue weighted by molar-refractivity contribution is 0.667. The molecule has 0 aliphatic rings. The molecule has 0 amide bonds. The van der Waals surface area contributed by atoms with E-state index in [1.54, 1.807) is 0 Å². The first-order valence-corrected chi connectivity index (χ1v) is 14.9. The van der Waals surface area contributed by atoms with Gasteiger partial charge in [0.2, 0.25) is 0 Å². The molecule has 0 fully saturated rings. The van der Waals surface area contributed by atoms with Gasteiger partial charge in [-0.3, -0.25) is 9.88 Å². The van der Waals surface area contributed by atoms with Crippen molar-refractivity contribution in [1.29, 1.82) is 0 Å². The third-order valence-corrected chi connectivity index (χ3v) is 8.36. The number of anilines is 3. The van der Waals surface area contributed by atoms with Gasteiger partial charge in [-0.05, 0) is 71.3 Å². The Morgan fingerprint density at radius 1 is 0.444 bits per heavy atom. The minimum absolute atomic E-state index is 0.744. The van der Waals surface area contributed by atoms with E-state index in [0.717, 1.165) is 72.5 Å². The molecule has 5 nitrogen and oxygen atoms in total. The zero-order valence-electron chi connectivity index (χ0n) is 24.1. The van der Waals surface area contributed by atoms with Crippen LogP contribution in [0, 0.1) is 0 Å². The van der Waals surface area contributed by atoms with Gasteiger partial charge in [-0.1, -0.05) is 91.0 Å². The van der Waals surface area contributed by atoms with Gasteiger partial charge in [-0.15, -0.1) is 0 Å². The molecular formula is C40H25N3O2. The van der Waals surface area contributed by atoms with E-state index < -0.39 is 0 Å². The number of para-hydroxylation sites is 2. The van der Waals surface area contributed by atoms with E-state index in [4.69, 9.17) is 18.8 Å². The fourth-order valence-corrected chi connectivity index (χ4v) is 6.28. The maximum Gasteiger partial charge on any atom is 0.154 e. The quantitative estimate of drug-likeness (QED) is 0.203. The Morgan fingerprint density at radius 2 is 1.11 bits per heavy atom. The van der Waals surface area contributed by atoms with Gasteiger partial charge in [0.15, 0.2) is 11.2 Å². The maximum absolute atomic E-state index is 6.28. The molecule has 0 saturated carbocycles. The Labute approximate surface area is 258 Å². The molecule has 0 N–H and O–H groups in total. The van der Waals surface area contributed by atoms with Crippen molar-refractivity contribution in [2.24, 2.45) is 0 Å². The van der Waals surface area contributed by atoms with Crippen LogP contribution < -0.4 is 4.90 Å². The average Bonchev–Trinajstić information content (AvgIpc) is 3.68. The van der Waals surface area contributed by atoms with Crippen molar-refractivity contribution in [1.82, 2.24) is 9.97 Å². The number of rotatable bonds is 5. The second-order valence-electron chi connectivity index (χ2n) is 11.0. The summed E-state index contributed by atoms with van der Waals surface area (Å²) in [6.45, 7) is 0. The van der Waals surface area contributed by atoms with Crippen molar-refractivity contribution in [2.75, 3.05) is 4.90 Å². The number of furan rings is 2. The molecule has 0 radical (unpaired) electrons. The minimum Gasteiger partial charge on any atom is -0.454 e. The first-order chi connectivity index (χ1) is 22.3. The van der Waals surface area contributed by atoms with E-state index in [1.165, 1.54) is 11.1 Å². The van der Waals surface area contributed by atoms with Gasteiger partial charge in [0, 0.05) is 17.1 Å². The summed E-state index contributed by atoms with van der Waals surface area (Å²) in [7, 11) is 0. The summed E-state index contributed by atoms with van der Waals surface area (Å²) in [6.07, 6.45) is 1.81. The predicted octanol–water partition coefficient (Wildman–Crippen LogP) is 11.1. The first-order valence-electron chi connectivity index (χ1n) is 14.9. The Morgan fingerprint density at radius 3 is 2.02 bits per heavy atom. The van der Waals surface area contributed by atoms with Gasteiger partial charge in [0.1, 0.15) is 28.0 Å². The lowest BCUT2D eigenvalue weighted by Crippen LogP contribution is -2.13. The summed E-state index contributed by atoms with van der Waals surface area (Å²) >= 11 is 0. The van der Waals surface area contributed by atoms with Gasteiger partial charge < -0.3 is 8.83 Å². The highest BCUT2D eigenvalue weighted by molar-refractivity contribution is 6.12. The molecule has 5 aromatic carbocycles. The standard InChI is InChI=1S/C40H25N3O2/c1-2-10-26(11-3-1)27-19-21-28(22-20-27)29-12-4-6-14-31(29)43(32-15-8-17-34-38(32)40-35(45-34)18-9-25-41-40)37-24-23-36-39(42-37)30-13-5-7-16-33(30)44-36/h1-25H. The summed E-state index contributed by atoms with van der Waals surface area (Å²) < 4.78 is 12.4. The first kappa shape index (κ1) is 25.3. The molecular weight excluding hydrogens is 554 g/mol. The van der Waals surface area contributed by atoms with E-state index in [1.807, 2.05) is 66.9 Å². The van der Waals surface area contributed by atoms with Crippen LogP contribution >= 0.6 is 0 Å². The summed E-state index contributed by atoms with van der Waals surface area (Å²) in [5.74, 6) is 0.764. The van der Waals surface area contributed by atoms with Gasteiger partial charge in [-0.2, -0.15) is 0 Å². The molecule has 0 bridgehead atoms. The largest absolute Gasteiger partial charge is 0.454 e. The van der Waals surface area contributed by atoms with Crippen molar-refractivity contribution in [2.45, 2.75) is 0 Å². The molecule has 0 aliphatic heterocycles. The number of hydrogen-bond acceptors (Lipinski definition) is 5. The highest BCUT2D eigenvalue weighted by atomic mass is 16.3. The molecule has 212 valence electrons. The molecule has 4 heterocycles. The van der Waals surface area contributed by atoms with Crippen LogP contribution in [0.25, 0.3) is 66.4 Å². The zero-order valence-corrected chi connectivity index (χ0v) is 24.1. The highest BCUT2D eigenvalue weighted by Gasteiger charge is 2.24. The monoisotopic (exact) mass is 579 g/mol. The average molecular weight is 580 g/mol. The smallest absolute Gasteiger partial charge is 0.154 e. The fraction of sp³-hybridized carbons (Fsp3) is 0. The number of fused-ring (bicyclic) bond motifs is 6. The Kier molecular flexibility index (Phi) is 5.74. The van der Waals surface area contributed by atoms with E-state index in [9.17, 15) is 0 Å². The lowest BCUT2D eigenvalue weighted by atomic mass is 9.98. The molecule has 5 heteroatoms. The van der Waals surface area contributed by atoms with Gasteiger partial charge in [0.25, 0.3) is 0 Å². The van der Waals surface area contributed by atoms with Crippen molar-refractivity contribution >= 4 is 61.3 Å². The normalized spacial score (nSPS) is 11.6. The summed E-state index contributed by atoms with van der Waals surface area (Å²) in [4.78, 5) is 12.2. The molecule has 0 saturated heterocycles. The van der Waals surface area contributed by atoms with E-state index >= 15 is 0 Å². The maximum atomic E-state index is 6.28. The molecule has 0 spiro atoms. The van der Waals surface area contributed by atoms with Crippen molar-refractivity contribution in [3.8, 4) is 22.3 Å². The summed E-state index contributed by atoms with van der Waals surface area (Å²) in [5.41, 5.74) is 11.2. The number of hydrogen-bond donors (Lipinski definition) is 0.